The molecular formula is C15H20N4O2. The quantitative estimate of drug-likeness (QED) is 0.845. The third kappa shape index (κ3) is 4.21. The smallest absolute Gasteiger partial charge is 0.251 e. The Bertz CT molecular complexity index is 640. The van der Waals surface area contributed by atoms with Gasteiger partial charge in [-0.15, -0.1) is 0 Å². The van der Waals surface area contributed by atoms with E-state index < -0.39 is 5.60 Å². The maximum Gasteiger partial charge on any atom is 0.251 e. The predicted octanol–water partition coefficient (Wildman–Crippen LogP) is 0.672. The molecule has 2 rings (SSSR count). The van der Waals surface area contributed by atoms with E-state index in [2.05, 4.69) is 15.3 Å². The summed E-state index contributed by atoms with van der Waals surface area (Å²) in [5.41, 5.74) is 0.943. The van der Waals surface area contributed by atoms with Crippen molar-refractivity contribution in [3.8, 4) is 0 Å². The number of carbonyl (C=O) groups excluding carboxylic acids is 1. The van der Waals surface area contributed by atoms with E-state index in [0.717, 1.165) is 5.52 Å². The van der Waals surface area contributed by atoms with Gasteiger partial charge in [0.2, 0.25) is 0 Å². The average molecular weight is 288 g/mol. The molecule has 0 fully saturated rings. The summed E-state index contributed by atoms with van der Waals surface area (Å²) < 4.78 is 0. The van der Waals surface area contributed by atoms with Gasteiger partial charge in [0.15, 0.2) is 0 Å². The lowest BCUT2D eigenvalue weighted by Gasteiger charge is -2.27. The summed E-state index contributed by atoms with van der Waals surface area (Å²) in [6.07, 6.45) is 3.20. The highest BCUT2D eigenvalue weighted by Crippen LogP contribution is 2.11. The standard InChI is InChI=1S/C15H20N4O2/c1-15(21,10-19(2)3)9-18-14(20)11-4-5-12-13(8-11)17-7-6-16-12/h4-8,21H,9-10H2,1-3H3,(H,18,20). The van der Waals surface area contributed by atoms with Gasteiger partial charge in [-0.05, 0) is 39.2 Å². The van der Waals surface area contributed by atoms with Crippen LogP contribution >= 0.6 is 0 Å². The number of hydrogen-bond donors (Lipinski definition) is 2. The van der Waals surface area contributed by atoms with Crippen LogP contribution in [0.25, 0.3) is 11.0 Å². The fourth-order valence-corrected chi connectivity index (χ4v) is 2.21. The van der Waals surface area contributed by atoms with Crippen molar-refractivity contribution in [3.63, 3.8) is 0 Å². The van der Waals surface area contributed by atoms with E-state index in [1.807, 2.05) is 19.0 Å². The lowest BCUT2D eigenvalue weighted by molar-refractivity contribution is 0.0326. The molecule has 1 aromatic carbocycles. The van der Waals surface area contributed by atoms with E-state index in [9.17, 15) is 9.90 Å². The van der Waals surface area contributed by atoms with Crippen molar-refractivity contribution in [2.45, 2.75) is 12.5 Å². The minimum Gasteiger partial charge on any atom is -0.387 e. The first-order valence-electron chi connectivity index (χ1n) is 6.73. The Labute approximate surface area is 123 Å². The molecule has 0 saturated heterocycles. The Kier molecular flexibility index (Phi) is 4.50. The maximum absolute atomic E-state index is 12.1. The Hall–Kier alpha value is -2.05. The SMILES string of the molecule is CN(C)CC(C)(O)CNC(=O)c1ccc2nccnc2c1. The molecule has 0 spiro atoms. The van der Waals surface area contributed by atoms with E-state index in [1.165, 1.54) is 0 Å². The highest BCUT2D eigenvalue weighted by Gasteiger charge is 2.22. The third-order valence-corrected chi connectivity index (χ3v) is 3.02. The molecule has 0 radical (unpaired) electrons. The molecule has 0 aliphatic carbocycles. The second-order valence-corrected chi connectivity index (χ2v) is 5.68. The topological polar surface area (TPSA) is 78.4 Å². The van der Waals surface area contributed by atoms with Crippen LogP contribution in [0.2, 0.25) is 0 Å². The molecule has 1 atom stereocenters. The molecule has 21 heavy (non-hydrogen) atoms. The number of carbonyl (C=O) groups is 1. The maximum atomic E-state index is 12.1. The van der Waals surface area contributed by atoms with Gasteiger partial charge < -0.3 is 15.3 Å². The molecular weight excluding hydrogens is 268 g/mol. The Morgan fingerprint density at radius 3 is 2.62 bits per heavy atom. The molecule has 0 saturated carbocycles. The van der Waals surface area contributed by atoms with Gasteiger partial charge >= 0.3 is 0 Å². The van der Waals surface area contributed by atoms with Crippen LogP contribution in [0.4, 0.5) is 0 Å². The molecule has 1 unspecified atom stereocenters. The molecule has 2 aromatic rings. The normalized spacial score (nSPS) is 14.1. The van der Waals surface area contributed by atoms with Crippen molar-refractivity contribution in [1.82, 2.24) is 20.2 Å². The van der Waals surface area contributed by atoms with Crippen LogP contribution in [0.1, 0.15) is 17.3 Å². The van der Waals surface area contributed by atoms with Gasteiger partial charge in [0.25, 0.3) is 5.91 Å². The summed E-state index contributed by atoms with van der Waals surface area (Å²) in [7, 11) is 3.75. The van der Waals surface area contributed by atoms with E-state index in [0.29, 0.717) is 17.6 Å². The number of nitrogens with one attached hydrogen (secondary N) is 1. The number of benzene rings is 1. The minimum atomic E-state index is -0.976. The average Bonchev–Trinajstić information content (AvgIpc) is 2.43. The zero-order valence-corrected chi connectivity index (χ0v) is 12.5. The fourth-order valence-electron chi connectivity index (χ4n) is 2.21. The summed E-state index contributed by atoms with van der Waals surface area (Å²) in [6.45, 7) is 2.35. The van der Waals surface area contributed by atoms with Gasteiger partial charge in [0.05, 0.1) is 16.6 Å². The van der Waals surface area contributed by atoms with E-state index in [1.54, 1.807) is 37.5 Å². The number of amides is 1. The number of fused-ring (bicyclic) bond motifs is 1. The van der Waals surface area contributed by atoms with Crippen LogP contribution in [-0.2, 0) is 0 Å². The van der Waals surface area contributed by atoms with Crippen molar-refractivity contribution in [1.29, 1.82) is 0 Å². The largest absolute Gasteiger partial charge is 0.387 e. The molecule has 6 nitrogen and oxygen atoms in total. The van der Waals surface area contributed by atoms with Gasteiger partial charge in [0.1, 0.15) is 0 Å². The Morgan fingerprint density at radius 1 is 1.29 bits per heavy atom. The van der Waals surface area contributed by atoms with E-state index in [4.69, 9.17) is 0 Å². The summed E-state index contributed by atoms with van der Waals surface area (Å²) in [5.74, 6) is -0.235. The van der Waals surface area contributed by atoms with Gasteiger partial charge in [-0.1, -0.05) is 0 Å². The summed E-state index contributed by atoms with van der Waals surface area (Å²) in [6, 6.07) is 5.15. The number of rotatable bonds is 5. The Balaban J connectivity index is 2.05. The summed E-state index contributed by atoms with van der Waals surface area (Å²) in [4.78, 5) is 22.3. The second-order valence-electron chi connectivity index (χ2n) is 5.68. The van der Waals surface area contributed by atoms with Crippen molar-refractivity contribution in [3.05, 3.63) is 36.2 Å². The number of nitrogens with zero attached hydrogens (tertiary/aromatic N) is 3. The van der Waals surface area contributed by atoms with Gasteiger partial charge in [-0.25, -0.2) is 0 Å². The second kappa shape index (κ2) is 6.15. The van der Waals surface area contributed by atoms with Crippen LogP contribution in [-0.4, -0.2) is 58.7 Å². The number of likely N-dealkylation sites (N-methyl/N-ethyl adjacent to an activating group) is 1. The monoisotopic (exact) mass is 288 g/mol. The molecule has 6 heteroatoms. The first-order valence-corrected chi connectivity index (χ1v) is 6.73. The van der Waals surface area contributed by atoms with Crippen LogP contribution in [0.15, 0.2) is 30.6 Å². The molecule has 1 heterocycles. The molecule has 112 valence electrons. The Morgan fingerprint density at radius 2 is 1.95 bits per heavy atom. The molecule has 1 amide bonds. The lowest BCUT2D eigenvalue weighted by Crippen LogP contribution is -2.47. The van der Waals surface area contributed by atoms with Gasteiger partial charge in [-0.2, -0.15) is 0 Å². The molecule has 2 N–H and O–H groups in total. The van der Waals surface area contributed by atoms with Gasteiger partial charge in [0, 0.05) is 31.0 Å². The first-order chi connectivity index (χ1) is 9.87. The summed E-state index contributed by atoms with van der Waals surface area (Å²) >= 11 is 0. The molecule has 0 bridgehead atoms. The van der Waals surface area contributed by atoms with Crippen LogP contribution in [0, 0.1) is 0 Å². The third-order valence-electron chi connectivity index (χ3n) is 3.02. The van der Waals surface area contributed by atoms with Crippen LogP contribution < -0.4 is 5.32 Å². The molecule has 0 aliphatic rings. The highest BCUT2D eigenvalue weighted by molar-refractivity contribution is 5.97. The summed E-state index contributed by atoms with van der Waals surface area (Å²) in [5, 5.41) is 12.9. The zero-order chi connectivity index (χ0) is 15.5. The van der Waals surface area contributed by atoms with Crippen molar-refractivity contribution < 1.29 is 9.90 Å². The number of aromatic nitrogens is 2. The number of aliphatic hydroxyl groups is 1. The van der Waals surface area contributed by atoms with E-state index >= 15 is 0 Å². The first kappa shape index (κ1) is 15.3. The van der Waals surface area contributed by atoms with Crippen molar-refractivity contribution in [2.24, 2.45) is 0 Å². The minimum absolute atomic E-state index is 0.183. The highest BCUT2D eigenvalue weighted by atomic mass is 16.3. The fraction of sp³-hybridized carbons (Fsp3) is 0.400. The van der Waals surface area contributed by atoms with E-state index in [-0.39, 0.29) is 12.5 Å². The predicted molar refractivity (Wildman–Crippen MR) is 81.0 cm³/mol. The lowest BCUT2D eigenvalue weighted by atomic mass is 10.1. The van der Waals surface area contributed by atoms with Crippen molar-refractivity contribution in [2.75, 3.05) is 27.2 Å². The van der Waals surface area contributed by atoms with Gasteiger partial charge in [-0.3, -0.25) is 14.8 Å². The molecule has 1 aromatic heterocycles. The van der Waals surface area contributed by atoms with Crippen LogP contribution in [0.5, 0.6) is 0 Å². The molecule has 0 aliphatic heterocycles. The van der Waals surface area contributed by atoms with Crippen LogP contribution in [0.3, 0.4) is 0 Å². The van der Waals surface area contributed by atoms with Crippen molar-refractivity contribution >= 4 is 16.9 Å². The number of hydrogen-bond acceptors (Lipinski definition) is 5. The zero-order valence-electron chi connectivity index (χ0n) is 12.5.